The number of rotatable bonds is 7. The van der Waals surface area contributed by atoms with Gasteiger partial charge in [-0.15, -0.1) is 11.8 Å². The molecule has 0 aromatic carbocycles. The van der Waals surface area contributed by atoms with Crippen LogP contribution in [0.15, 0.2) is 4.99 Å². The molecule has 0 saturated heterocycles. The highest BCUT2D eigenvalue weighted by atomic mass is 32.2. The van der Waals surface area contributed by atoms with Gasteiger partial charge in [0.05, 0.1) is 32.5 Å². The minimum absolute atomic E-state index is 0.120. The molecular weight excluding hydrogens is 345 g/mol. The van der Waals surface area contributed by atoms with Crippen LogP contribution >= 0.6 is 19.4 Å². The van der Waals surface area contributed by atoms with E-state index in [9.17, 15) is 14.2 Å². The number of hydrogen-bond acceptors (Lipinski definition) is 9. The molecule has 0 spiro atoms. The van der Waals surface area contributed by atoms with Crippen LogP contribution in [0.4, 0.5) is 0 Å². The van der Waals surface area contributed by atoms with Crippen LogP contribution in [-0.4, -0.2) is 56.5 Å². The monoisotopic (exact) mass is 367 g/mol. The normalized spacial score (nSPS) is 24.2. The smallest absolute Gasteiger partial charge is 0.355 e. The Morgan fingerprint density at radius 3 is 2.04 bits per heavy atom. The number of carbonyl (C=O) groups is 2. The number of ether oxygens (including phenoxy) is 2. The fourth-order valence-electron chi connectivity index (χ4n) is 2.38. The topological polar surface area (TPSA) is 100 Å². The van der Waals surface area contributed by atoms with E-state index in [1.807, 2.05) is 0 Å². The number of aliphatic imine (C=N–C) groups is 1. The van der Waals surface area contributed by atoms with Gasteiger partial charge in [-0.1, -0.05) is 0 Å². The van der Waals surface area contributed by atoms with Crippen molar-refractivity contribution < 1.29 is 32.7 Å². The van der Waals surface area contributed by atoms with E-state index < -0.39 is 37.2 Å². The predicted octanol–water partition coefficient (Wildman–Crippen LogP) is 1.93. The first-order valence-electron chi connectivity index (χ1n) is 7.06. The van der Waals surface area contributed by atoms with Gasteiger partial charge in [0.25, 0.3) is 0 Å². The van der Waals surface area contributed by atoms with E-state index in [4.69, 9.17) is 18.5 Å². The Morgan fingerprint density at radius 1 is 1.13 bits per heavy atom. The summed E-state index contributed by atoms with van der Waals surface area (Å²) in [5, 5.41) is 0.344. The van der Waals surface area contributed by atoms with Crippen LogP contribution < -0.4 is 0 Å². The van der Waals surface area contributed by atoms with E-state index in [2.05, 4.69) is 4.99 Å². The van der Waals surface area contributed by atoms with Gasteiger partial charge in [0.2, 0.25) is 0 Å². The molecular formula is C13H22NO7PS. The van der Waals surface area contributed by atoms with Crippen LogP contribution in [0.2, 0.25) is 0 Å². The SMILES string of the molecule is CCOP(=O)(OCC)C1N=C(SC)C(C(=O)OC)C1C(=O)OC. The number of hydrogen-bond donors (Lipinski definition) is 0. The van der Waals surface area contributed by atoms with Crippen molar-refractivity contribution in [2.24, 2.45) is 16.8 Å². The Hall–Kier alpha value is -0.890. The highest BCUT2D eigenvalue weighted by molar-refractivity contribution is 8.13. The van der Waals surface area contributed by atoms with Crippen molar-refractivity contribution in [1.82, 2.24) is 0 Å². The molecule has 3 atom stereocenters. The van der Waals surface area contributed by atoms with Gasteiger partial charge in [0.1, 0.15) is 11.8 Å². The molecule has 0 N–H and O–H groups in total. The van der Waals surface area contributed by atoms with E-state index >= 15 is 0 Å². The van der Waals surface area contributed by atoms with Crippen molar-refractivity contribution in [3.63, 3.8) is 0 Å². The van der Waals surface area contributed by atoms with E-state index in [1.165, 1.54) is 26.0 Å². The van der Waals surface area contributed by atoms with E-state index in [0.717, 1.165) is 0 Å². The van der Waals surface area contributed by atoms with Crippen LogP contribution in [-0.2, 0) is 32.7 Å². The molecule has 1 aliphatic rings. The Bertz CT molecular complexity index is 514. The van der Waals surface area contributed by atoms with Crippen LogP contribution in [0, 0.1) is 11.8 Å². The molecule has 1 aliphatic heterocycles. The third-order valence-corrected chi connectivity index (χ3v) is 6.38. The summed E-state index contributed by atoms with van der Waals surface area (Å²) in [4.78, 5) is 28.6. The van der Waals surface area contributed by atoms with Gasteiger partial charge in [-0.2, -0.15) is 0 Å². The number of methoxy groups -OCH3 is 2. The maximum Gasteiger partial charge on any atom is 0.355 e. The van der Waals surface area contributed by atoms with Gasteiger partial charge < -0.3 is 18.5 Å². The van der Waals surface area contributed by atoms with Crippen LogP contribution in [0.3, 0.4) is 0 Å². The zero-order valence-electron chi connectivity index (χ0n) is 13.8. The van der Waals surface area contributed by atoms with Crippen LogP contribution in [0.5, 0.6) is 0 Å². The molecule has 0 radical (unpaired) electrons. The first-order valence-corrected chi connectivity index (χ1v) is 9.89. The first kappa shape index (κ1) is 20.2. The molecule has 3 unspecified atom stereocenters. The Labute approximate surface area is 139 Å². The second-order valence-corrected chi connectivity index (χ2v) is 7.46. The number of thioether (sulfide) groups is 1. The van der Waals surface area contributed by atoms with Crippen LogP contribution in [0.25, 0.3) is 0 Å². The summed E-state index contributed by atoms with van der Waals surface area (Å²) < 4.78 is 33.2. The fraction of sp³-hybridized carbons (Fsp3) is 0.769. The van der Waals surface area contributed by atoms with Gasteiger partial charge in [-0.05, 0) is 20.1 Å². The molecule has 132 valence electrons. The second-order valence-electron chi connectivity index (χ2n) is 4.51. The summed E-state index contributed by atoms with van der Waals surface area (Å²) in [6.45, 7) is 3.55. The quantitative estimate of drug-likeness (QED) is 0.497. The molecule has 0 fully saturated rings. The summed E-state index contributed by atoms with van der Waals surface area (Å²) >= 11 is 1.18. The lowest BCUT2D eigenvalue weighted by molar-refractivity contribution is -0.154. The Morgan fingerprint density at radius 2 is 1.65 bits per heavy atom. The highest BCUT2D eigenvalue weighted by Crippen LogP contribution is 2.60. The minimum Gasteiger partial charge on any atom is -0.469 e. The summed E-state index contributed by atoms with van der Waals surface area (Å²) in [7, 11) is -1.33. The third-order valence-electron chi connectivity index (χ3n) is 3.29. The van der Waals surface area contributed by atoms with Crippen LogP contribution in [0.1, 0.15) is 13.8 Å². The van der Waals surface area contributed by atoms with E-state index in [-0.39, 0.29) is 13.2 Å². The molecule has 23 heavy (non-hydrogen) atoms. The zero-order chi connectivity index (χ0) is 17.6. The van der Waals surface area contributed by atoms with Gasteiger partial charge in [-0.3, -0.25) is 19.1 Å². The molecule has 1 rings (SSSR count). The Balaban J connectivity index is 3.37. The van der Waals surface area contributed by atoms with Gasteiger partial charge in [0, 0.05) is 0 Å². The summed E-state index contributed by atoms with van der Waals surface area (Å²) in [5.74, 6) is -4.59. The van der Waals surface area contributed by atoms with Gasteiger partial charge >= 0.3 is 19.5 Å². The molecule has 0 saturated carbocycles. The molecule has 8 nitrogen and oxygen atoms in total. The number of nitrogens with zero attached hydrogens (tertiary/aromatic N) is 1. The molecule has 0 aliphatic carbocycles. The highest BCUT2D eigenvalue weighted by Gasteiger charge is 2.56. The molecule has 0 aromatic rings. The average molecular weight is 367 g/mol. The Kier molecular flexibility index (Phi) is 7.73. The van der Waals surface area contributed by atoms with Crippen molar-refractivity contribution in [2.45, 2.75) is 19.6 Å². The maximum atomic E-state index is 13.0. The van der Waals surface area contributed by atoms with Crippen molar-refractivity contribution in [1.29, 1.82) is 0 Å². The lowest BCUT2D eigenvalue weighted by atomic mass is 9.95. The summed E-state index contributed by atoms with van der Waals surface area (Å²) in [6, 6.07) is 0. The molecule has 10 heteroatoms. The zero-order valence-corrected chi connectivity index (χ0v) is 15.5. The van der Waals surface area contributed by atoms with Gasteiger partial charge in [-0.25, -0.2) is 0 Å². The molecule has 0 amide bonds. The van der Waals surface area contributed by atoms with Crippen molar-refractivity contribution in [2.75, 3.05) is 33.7 Å². The standard InChI is InChI=1S/C13H22NO7PS/c1-6-20-22(17,21-7-2)10-8(12(15)18-3)9(13(16)19-4)11(14-10)23-5/h8-10H,6-7H2,1-5H3. The number of carbonyl (C=O) groups excluding carboxylic acids is 2. The summed E-state index contributed by atoms with van der Waals surface area (Å²) in [6.07, 6.45) is 1.71. The first-order chi connectivity index (χ1) is 10.9. The molecule has 0 bridgehead atoms. The third kappa shape index (κ3) is 4.15. The number of esters is 2. The maximum absolute atomic E-state index is 13.0. The second kappa shape index (κ2) is 8.82. The van der Waals surface area contributed by atoms with E-state index in [1.54, 1.807) is 20.1 Å². The van der Waals surface area contributed by atoms with Crippen molar-refractivity contribution in [3.05, 3.63) is 0 Å². The lowest BCUT2D eigenvalue weighted by Crippen LogP contribution is -2.37. The minimum atomic E-state index is -3.74. The van der Waals surface area contributed by atoms with Crippen molar-refractivity contribution in [3.8, 4) is 0 Å². The average Bonchev–Trinajstić information content (AvgIpc) is 2.94. The van der Waals surface area contributed by atoms with Crippen molar-refractivity contribution >= 4 is 36.3 Å². The largest absolute Gasteiger partial charge is 0.469 e. The lowest BCUT2D eigenvalue weighted by Gasteiger charge is -2.26. The van der Waals surface area contributed by atoms with Gasteiger partial charge in [0.15, 0.2) is 5.78 Å². The fourth-order valence-corrected chi connectivity index (χ4v) is 5.23. The summed E-state index contributed by atoms with van der Waals surface area (Å²) in [5.41, 5.74) is 0. The predicted molar refractivity (Wildman–Crippen MR) is 86.6 cm³/mol. The molecule has 1 heterocycles. The van der Waals surface area contributed by atoms with E-state index in [0.29, 0.717) is 5.04 Å². The molecule has 0 aromatic heterocycles.